The zero-order valence-corrected chi connectivity index (χ0v) is 11.0. The van der Waals surface area contributed by atoms with Gasteiger partial charge in [-0.3, -0.25) is 20.0 Å². The molecule has 1 amide bonds. The number of hydrogen-bond donors (Lipinski definition) is 2. The number of carbonyl (C=O) groups excluding carboxylic acids is 1. The molecule has 110 valence electrons. The Labute approximate surface area is 117 Å². The number of halogens is 2. The highest BCUT2D eigenvalue weighted by molar-refractivity contribution is 6.04. The minimum atomic E-state index is -1.40. The summed E-state index contributed by atoms with van der Waals surface area (Å²) in [5.41, 5.74) is -0.553. The number of nitro benzene ring substituents is 1. The number of rotatable bonds is 3. The van der Waals surface area contributed by atoms with E-state index in [0.717, 1.165) is 0 Å². The number of nitrogens with zero attached hydrogens (tertiary/aromatic N) is 2. The average molecular weight is 296 g/mol. The van der Waals surface area contributed by atoms with Crippen molar-refractivity contribution < 1.29 is 18.5 Å². The molecule has 1 aromatic heterocycles. The van der Waals surface area contributed by atoms with Crippen molar-refractivity contribution >= 4 is 17.4 Å². The van der Waals surface area contributed by atoms with E-state index in [1.54, 1.807) is 13.8 Å². The predicted molar refractivity (Wildman–Crippen MR) is 69.0 cm³/mol. The maximum atomic E-state index is 13.9. The largest absolute Gasteiger partial charge is 0.308 e. The fourth-order valence-corrected chi connectivity index (χ4v) is 1.65. The molecule has 2 rings (SSSR count). The molecule has 1 heterocycles. The van der Waals surface area contributed by atoms with Gasteiger partial charge in [-0.05, 0) is 19.9 Å². The first-order valence-electron chi connectivity index (χ1n) is 5.77. The minimum absolute atomic E-state index is 0.142. The molecular weight excluding hydrogens is 286 g/mol. The van der Waals surface area contributed by atoms with E-state index in [4.69, 9.17) is 0 Å². The summed E-state index contributed by atoms with van der Waals surface area (Å²) in [6.07, 6.45) is 0. The highest BCUT2D eigenvalue weighted by atomic mass is 19.1. The summed E-state index contributed by atoms with van der Waals surface area (Å²) < 4.78 is 27.1. The number of amides is 1. The zero-order valence-electron chi connectivity index (χ0n) is 11.0. The standard InChI is InChI=1S/C12H10F2N4O3/c1-5-6(2)16-17-11(5)15-12(19)8-3-7(13)4-9(10(8)14)18(20)21/h3-4H,1-2H3,(H2,15,16,17,19). The van der Waals surface area contributed by atoms with Gasteiger partial charge in [0.15, 0.2) is 5.82 Å². The van der Waals surface area contributed by atoms with E-state index in [0.29, 0.717) is 23.4 Å². The van der Waals surface area contributed by atoms with Gasteiger partial charge >= 0.3 is 5.69 Å². The van der Waals surface area contributed by atoms with E-state index in [2.05, 4.69) is 15.5 Å². The number of aryl methyl sites for hydroxylation is 1. The molecule has 0 aliphatic rings. The van der Waals surface area contributed by atoms with Crippen molar-refractivity contribution in [2.75, 3.05) is 5.32 Å². The Morgan fingerprint density at radius 3 is 2.57 bits per heavy atom. The number of carbonyl (C=O) groups is 1. The summed E-state index contributed by atoms with van der Waals surface area (Å²) in [6, 6.07) is 1.00. The molecular formula is C12H10F2N4O3. The van der Waals surface area contributed by atoms with Crippen LogP contribution >= 0.6 is 0 Å². The fourth-order valence-electron chi connectivity index (χ4n) is 1.65. The molecule has 2 aromatic rings. The van der Waals surface area contributed by atoms with Crippen molar-refractivity contribution in [1.29, 1.82) is 0 Å². The molecule has 0 bridgehead atoms. The number of H-pyrrole nitrogens is 1. The molecule has 0 aliphatic carbocycles. The summed E-state index contributed by atoms with van der Waals surface area (Å²) in [4.78, 5) is 21.4. The highest BCUT2D eigenvalue weighted by Crippen LogP contribution is 2.23. The maximum Gasteiger partial charge on any atom is 0.308 e. The summed E-state index contributed by atoms with van der Waals surface area (Å²) in [5.74, 6) is -3.36. The first-order chi connectivity index (χ1) is 9.81. The Bertz CT molecular complexity index is 742. The second kappa shape index (κ2) is 5.27. The number of anilines is 1. The third-order valence-electron chi connectivity index (χ3n) is 2.94. The molecule has 0 saturated heterocycles. The van der Waals surface area contributed by atoms with E-state index >= 15 is 0 Å². The average Bonchev–Trinajstić information content (AvgIpc) is 2.72. The van der Waals surface area contributed by atoms with Crippen LogP contribution in [0.15, 0.2) is 12.1 Å². The highest BCUT2D eigenvalue weighted by Gasteiger charge is 2.25. The van der Waals surface area contributed by atoms with Crippen molar-refractivity contribution in [3.8, 4) is 0 Å². The first-order valence-corrected chi connectivity index (χ1v) is 5.77. The number of nitro groups is 1. The van der Waals surface area contributed by atoms with E-state index in [9.17, 15) is 23.7 Å². The van der Waals surface area contributed by atoms with Crippen molar-refractivity contribution in [2.45, 2.75) is 13.8 Å². The van der Waals surface area contributed by atoms with Crippen LogP contribution in [0.1, 0.15) is 21.6 Å². The molecule has 0 spiro atoms. The number of benzene rings is 1. The van der Waals surface area contributed by atoms with Crippen LogP contribution in [0.3, 0.4) is 0 Å². The van der Waals surface area contributed by atoms with E-state index in [-0.39, 0.29) is 5.82 Å². The van der Waals surface area contributed by atoms with Crippen molar-refractivity contribution in [3.05, 3.63) is 50.7 Å². The van der Waals surface area contributed by atoms with Crippen molar-refractivity contribution in [1.82, 2.24) is 10.2 Å². The lowest BCUT2D eigenvalue weighted by molar-refractivity contribution is -0.387. The van der Waals surface area contributed by atoms with Crippen molar-refractivity contribution in [2.24, 2.45) is 0 Å². The quantitative estimate of drug-likeness (QED) is 0.671. The summed E-state index contributed by atoms with van der Waals surface area (Å²) in [6.45, 7) is 3.38. The Kier molecular flexibility index (Phi) is 3.66. The smallest absolute Gasteiger partial charge is 0.305 e. The van der Waals surface area contributed by atoms with Gasteiger partial charge < -0.3 is 5.32 Å². The molecule has 0 aliphatic heterocycles. The van der Waals surface area contributed by atoms with E-state index in [1.807, 2.05) is 0 Å². The van der Waals surface area contributed by atoms with Gasteiger partial charge in [0, 0.05) is 11.3 Å². The van der Waals surface area contributed by atoms with Crippen LogP contribution in [0.5, 0.6) is 0 Å². The van der Waals surface area contributed by atoms with Gasteiger partial charge in [0.1, 0.15) is 5.82 Å². The van der Waals surface area contributed by atoms with Gasteiger partial charge in [-0.15, -0.1) is 0 Å². The van der Waals surface area contributed by atoms with Crippen LogP contribution in [-0.4, -0.2) is 21.0 Å². The van der Waals surface area contributed by atoms with Crippen LogP contribution in [0.4, 0.5) is 20.3 Å². The van der Waals surface area contributed by atoms with Gasteiger partial charge in [-0.1, -0.05) is 0 Å². The minimum Gasteiger partial charge on any atom is -0.305 e. The molecule has 9 heteroatoms. The lowest BCUT2D eigenvalue weighted by Gasteiger charge is -2.05. The van der Waals surface area contributed by atoms with Gasteiger partial charge in [0.05, 0.1) is 16.6 Å². The monoisotopic (exact) mass is 296 g/mol. The van der Waals surface area contributed by atoms with Gasteiger partial charge in [0.2, 0.25) is 5.82 Å². The third kappa shape index (κ3) is 2.71. The lowest BCUT2D eigenvalue weighted by atomic mass is 10.1. The second-order valence-corrected chi connectivity index (χ2v) is 4.32. The number of nitrogens with one attached hydrogen (secondary N) is 2. The zero-order chi connectivity index (χ0) is 15.7. The number of aromatic nitrogens is 2. The molecule has 0 saturated carbocycles. The Hall–Kier alpha value is -2.84. The Balaban J connectivity index is 2.40. The van der Waals surface area contributed by atoms with E-state index < -0.39 is 33.7 Å². The molecule has 0 unspecified atom stereocenters. The molecule has 0 fully saturated rings. The van der Waals surface area contributed by atoms with Crippen LogP contribution in [0, 0.1) is 35.6 Å². The lowest BCUT2D eigenvalue weighted by Crippen LogP contribution is -2.16. The van der Waals surface area contributed by atoms with Gasteiger partial charge in [-0.25, -0.2) is 4.39 Å². The van der Waals surface area contributed by atoms with Crippen LogP contribution < -0.4 is 5.32 Å². The summed E-state index contributed by atoms with van der Waals surface area (Å²) >= 11 is 0. The molecule has 1 aromatic carbocycles. The van der Waals surface area contributed by atoms with E-state index in [1.165, 1.54) is 0 Å². The summed E-state index contributed by atoms with van der Waals surface area (Å²) in [7, 11) is 0. The van der Waals surface area contributed by atoms with Crippen LogP contribution in [0.2, 0.25) is 0 Å². The normalized spacial score (nSPS) is 10.5. The first kappa shape index (κ1) is 14.6. The van der Waals surface area contributed by atoms with Crippen molar-refractivity contribution in [3.63, 3.8) is 0 Å². The van der Waals surface area contributed by atoms with Gasteiger partial charge in [-0.2, -0.15) is 9.49 Å². The Morgan fingerprint density at radius 2 is 2.05 bits per heavy atom. The van der Waals surface area contributed by atoms with Crippen LogP contribution in [-0.2, 0) is 0 Å². The van der Waals surface area contributed by atoms with Gasteiger partial charge in [0.25, 0.3) is 5.91 Å². The molecule has 21 heavy (non-hydrogen) atoms. The summed E-state index contributed by atoms with van der Waals surface area (Å²) in [5, 5.41) is 19.3. The SMILES string of the molecule is Cc1[nH]nc(NC(=O)c2cc(F)cc([N+](=O)[O-])c2F)c1C. The molecule has 2 N–H and O–H groups in total. The Morgan fingerprint density at radius 1 is 1.38 bits per heavy atom. The second-order valence-electron chi connectivity index (χ2n) is 4.32. The topological polar surface area (TPSA) is 101 Å². The fraction of sp³-hybridized carbons (Fsp3) is 0.167. The van der Waals surface area contributed by atoms with Crippen LogP contribution in [0.25, 0.3) is 0 Å². The molecule has 0 atom stereocenters. The maximum absolute atomic E-state index is 13.9. The molecule has 7 nitrogen and oxygen atoms in total. The third-order valence-corrected chi connectivity index (χ3v) is 2.94. The number of hydrogen-bond acceptors (Lipinski definition) is 4. The molecule has 0 radical (unpaired) electrons. The predicted octanol–water partition coefficient (Wildman–Crippen LogP) is 2.47. The number of aromatic amines is 1.